The SMILES string of the molecule is CCCN(CCC)C(=O)N1CCS(=O)(=O)CC1CC(=O)O. The van der Waals surface area contributed by atoms with Gasteiger partial charge >= 0.3 is 12.0 Å². The molecule has 0 aromatic rings. The molecule has 2 amide bonds. The molecule has 8 heteroatoms. The number of carboxylic acid groups (broad SMARTS) is 1. The Balaban J connectivity index is 2.89. The number of carbonyl (C=O) groups is 2. The number of amides is 2. The van der Waals surface area contributed by atoms with E-state index in [-0.39, 0.29) is 30.5 Å². The van der Waals surface area contributed by atoms with Gasteiger partial charge in [-0.25, -0.2) is 13.2 Å². The van der Waals surface area contributed by atoms with E-state index in [1.165, 1.54) is 4.90 Å². The van der Waals surface area contributed by atoms with Crippen LogP contribution >= 0.6 is 0 Å². The molecule has 0 saturated carbocycles. The second-order valence-corrected chi connectivity index (χ2v) is 7.56. The standard InChI is InChI=1S/C13H24N2O5S/c1-3-5-14(6-4-2)13(18)15-7-8-21(19,20)10-11(15)9-12(16)17/h11H,3-10H2,1-2H3,(H,16,17). The van der Waals surface area contributed by atoms with Gasteiger partial charge in [0.05, 0.1) is 24.0 Å². The summed E-state index contributed by atoms with van der Waals surface area (Å²) in [6.45, 7) is 5.19. The molecule has 0 aromatic carbocycles. The molecule has 0 radical (unpaired) electrons. The first-order chi connectivity index (χ1) is 9.80. The van der Waals surface area contributed by atoms with E-state index in [4.69, 9.17) is 5.11 Å². The largest absolute Gasteiger partial charge is 0.481 e. The van der Waals surface area contributed by atoms with Crippen LogP contribution in [-0.4, -0.2) is 72.5 Å². The van der Waals surface area contributed by atoms with Crippen molar-refractivity contribution in [3.05, 3.63) is 0 Å². The normalized spacial score (nSPS) is 21.0. The molecule has 1 rings (SSSR count). The fourth-order valence-corrected chi connectivity index (χ4v) is 4.06. The molecule has 122 valence electrons. The summed E-state index contributed by atoms with van der Waals surface area (Å²) in [7, 11) is -3.27. The maximum Gasteiger partial charge on any atom is 0.320 e. The number of carbonyl (C=O) groups excluding carboxylic acids is 1. The van der Waals surface area contributed by atoms with Crippen molar-refractivity contribution >= 4 is 21.8 Å². The van der Waals surface area contributed by atoms with Gasteiger partial charge in [-0.15, -0.1) is 0 Å². The van der Waals surface area contributed by atoms with Crippen molar-refractivity contribution in [1.82, 2.24) is 9.80 Å². The smallest absolute Gasteiger partial charge is 0.320 e. The maximum atomic E-state index is 12.5. The van der Waals surface area contributed by atoms with Gasteiger partial charge in [0.1, 0.15) is 0 Å². The number of urea groups is 1. The predicted molar refractivity (Wildman–Crippen MR) is 79.0 cm³/mol. The van der Waals surface area contributed by atoms with Crippen LogP contribution in [0, 0.1) is 0 Å². The molecular weight excluding hydrogens is 296 g/mol. The van der Waals surface area contributed by atoms with Crippen LogP contribution in [0.15, 0.2) is 0 Å². The molecule has 1 aliphatic heterocycles. The van der Waals surface area contributed by atoms with Crippen molar-refractivity contribution < 1.29 is 23.1 Å². The van der Waals surface area contributed by atoms with Crippen molar-refractivity contribution in [1.29, 1.82) is 0 Å². The van der Waals surface area contributed by atoms with Crippen molar-refractivity contribution in [3.63, 3.8) is 0 Å². The lowest BCUT2D eigenvalue weighted by Crippen LogP contribution is -2.56. The van der Waals surface area contributed by atoms with Crippen LogP contribution in [0.4, 0.5) is 4.79 Å². The van der Waals surface area contributed by atoms with Crippen LogP contribution in [0.5, 0.6) is 0 Å². The molecule has 1 unspecified atom stereocenters. The Morgan fingerprint density at radius 3 is 2.29 bits per heavy atom. The minimum absolute atomic E-state index is 0.0725. The highest BCUT2D eigenvalue weighted by molar-refractivity contribution is 7.91. The Labute approximate surface area is 125 Å². The second kappa shape index (κ2) is 7.63. The first-order valence-corrected chi connectivity index (χ1v) is 9.10. The molecule has 7 nitrogen and oxygen atoms in total. The summed E-state index contributed by atoms with van der Waals surface area (Å²) in [4.78, 5) is 26.6. The molecule has 21 heavy (non-hydrogen) atoms. The van der Waals surface area contributed by atoms with Gasteiger partial charge in [0.2, 0.25) is 0 Å². The second-order valence-electron chi connectivity index (χ2n) is 5.33. The number of carboxylic acids is 1. The summed E-state index contributed by atoms with van der Waals surface area (Å²) in [6, 6.07) is -1.02. The van der Waals surface area contributed by atoms with Gasteiger partial charge in [-0.2, -0.15) is 0 Å². The number of sulfone groups is 1. The lowest BCUT2D eigenvalue weighted by atomic mass is 10.2. The Morgan fingerprint density at radius 1 is 1.24 bits per heavy atom. The highest BCUT2D eigenvalue weighted by Gasteiger charge is 2.36. The summed E-state index contributed by atoms with van der Waals surface area (Å²) in [5.41, 5.74) is 0. The van der Waals surface area contributed by atoms with Crippen LogP contribution < -0.4 is 0 Å². The first kappa shape index (κ1) is 17.7. The molecule has 0 aromatic heterocycles. The van der Waals surface area contributed by atoms with Gasteiger partial charge in [-0.3, -0.25) is 4.79 Å². The minimum atomic E-state index is -3.27. The van der Waals surface area contributed by atoms with Crippen molar-refractivity contribution in [2.75, 3.05) is 31.1 Å². The number of hydrogen-bond donors (Lipinski definition) is 1. The lowest BCUT2D eigenvalue weighted by molar-refractivity contribution is -0.138. The number of hydrogen-bond acceptors (Lipinski definition) is 4. The Hall–Kier alpha value is -1.31. The van der Waals surface area contributed by atoms with Gasteiger partial charge in [-0.1, -0.05) is 13.8 Å². The number of nitrogens with zero attached hydrogens (tertiary/aromatic N) is 2. The van der Waals surface area contributed by atoms with E-state index in [1.54, 1.807) is 4.90 Å². The van der Waals surface area contributed by atoms with Crippen LogP contribution in [0.1, 0.15) is 33.1 Å². The fraction of sp³-hybridized carbons (Fsp3) is 0.846. The molecule has 1 N–H and O–H groups in total. The van der Waals surface area contributed by atoms with E-state index in [0.29, 0.717) is 13.1 Å². The monoisotopic (exact) mass is 320 g/mol. The zero-order valence-electron chi connectivity index (χ0n) is 12.6. The first-order valence-electron chi connectivity index (χ1n) is 7.28. The molecular formula is C13H24N2O5S. The molecule has 1 saturated heterocycles. The average Bonchev–Trinajstić information content (AvgIpc) is 2.36. The van der Waals surface area contributed by atoms with Crippen molar-refractivity contribution in [2.24, 2.45) is 0 Å². The minimum Gasteiger partial charge on any atom is -0.481 e. The molecule has 1 aliphatic rings. The van der Waals surface area contributed by atoms with Crippen molar-refractivity contribution in [2.45, 2.75) is 39.2 Å². The lowest BCUT2D eigenvalue weighted by Gasteiger charge is -2.38. The maximum absolute atomic E-state index is 12.5. The Kier molecular flexibility index (Phi) is 6.44. The molecule has 1 atom stereocenters. The molecule has 0 bridgehead atoms. The summed E-state index contributed by atoms with van der Waals surface area (Å²) in [5.74, 6) is -1.45. The molecule has 0 aliphatic carbocycles. The summed E-state index contributed by atoms with van der Waals surface area (Å²) in [5, 5.41) is 8.93. The highest BCUT2D eigenvalue weighted by Crippen LogP contribution is 2.17. The van der Waals surface area contributed by atoms with Crippen LogP contribution in [0.3, 0.4) is 0 Å². The summed E-state index contributed by atoms with van der Waals surface area (Å²) >= 11 is 0. The van der Waals surface area contributed by atoms with Gasteiger partial charge in [0.15, 0.2) is 9.84 Å². The Bertz CT molecular complexity index is 471. The zero-order valence-corrected chi connectivity index (χ0v) is 13.4. The van der Waals surface area contributed by atoms with E-state index < -0.39 is 21.8 Å². The van der Waals surface area contributed by atoms with Gasteiger partial charge in [0.25, 0.3) is 0 Å². The van der Waals surface area contributed by atoms with E-state index in [9.17, 15) is 18.0 Å². The third-order valence-corrected chi connectivity index (χ3v) is 5.14. The zero-order chi connectivity index (χ0) is 16.0. The summed E-state index contributed by atoms with van der Waals surface area (Å²) < 4.78 is 23.4. The van der Waals surface area contributed by atoms with Gasteiger partial charge in [0, 0.05) is 19.6 Å². The average molecular weight is 320 g/mol. The summed E-state index contributed by atoms with van der Waals surface area (Å²) in [6.07, 6.45) is 1.28. The highest BCUT2D eigenvalue weighted by atomic mass is 32.2. The van der Waals surface area contributed by atoms with Crippen LogP contribution in [-0.2, 0) is 14.6 Å². The fourth-order valence-electron chi connectivity index (χ4n) is 2.53. The Morgan fingerprint density at radius 2 is 1.81 bits per heavy atom. The third kappa shape index (κ3) is 5.18. The van der Waals surface area contributed by atoms with Crippen LogP contribution in [0.25, 0.3) is 0 Å². The molecule has 0 spiro atoms. The van der Waals surface area contributed by atoms with E-state index in [1.807, 2.05) is 13.8 Å². The van der Waals surface area contributed by atoms with E-state index in [0.717, 1.165) is 12.8 Å². The van der Waals surface area contributed by atoms with E-state index in [2.05, 4.69) is 0 Å². The number of aliphatic carboxylic acids is 1. The topological polar surface area (TPSA) is 95.0 Å². The molecule has 1 heterocycles. The van der Waals surface area contributed by atoms with Crippen molar-refractivity contribution in [3.8, 4) is 0 Å². The van der Waals surface area contributed by atoms with E-state index >= 15 is 0 Å². The predicted octanol–water partition coefficient (Wildman–Crippen LogP) is 0.802. The third-order valence-electron chi connectivity index (χ3n) is 3.44. The number of rotatable bonds is 6. The van der Waals surface area contributed by atoms with Gasteiger partial charge < -0.3 is 14.9 Å². The molecule has 1 fully saturated rings. The van der Waals surface area contributed by atoms with Crippen LogP contribution in [0.2, 0.25) is 0 Å². The quantitative estimate of drug-likeness (QED) is 0.781. The van der Waals surface area contributed by atoms with Gasteiger partial charge in [-0.05, 0) is 12.8 Å².